The molecule has 0 bridgehead atoms. The number of amides is 1. The summed E-state index contributed by atoms with van der Waals surface area (Å²) in [5, 5.41) is 2.77. The Labute approximate surface area is 136 Å². The lowest BCUT2D eigenvalue weighted by Crippen LogP contribution is -2.13. The molecule has 19 heavy (non-hydrogen) atoms. The number of aromatic nitrogens is 1. The van der Waals surface area contributed by atoms with Gasteiger partial charge < -0.3 is 5.32 Å². The van der Waals surface area contributed by atoms with Gasteiger partial charge in [-0.2, -0.15) is 0 Å². The number of carbonyl (C=O) groups excluding carboxylic acids is 1. The molecule has 0 aliphatic heterocycles. The molecule has 2 aromatic rings. The van der Waals surface area contributed by atoms with Crippen LogP contribution in [0.1, 0.15) is 15.9 Å². The third-order valence-electron chi connectivity index (χ3n) is 2.46. The van der Waals surface area contributed by atoms with Crippen LogP contribution in [-0.2, 0) is 0 Å². The van der Waals surface area contributed by atoms with E-state index in [9.17, 15) is 4.79 Å². The van der Waals surface area contributed by atoms with E-state index in [1.165, 1.54) is 0 Å². The van der Waals surface area contributed by atoms with Crippen LogP contribution in [0.3, 0.4) is 0 Å². The fourth-order valence-corrected chi connectivity index (χ4v) is 2.91. The number of pyridine rings is 1. The van der Waals surface area contributed by atoms with Crippen LogP contribution in [0.15, 0.2) is 43.9 Å². The molecule has 0 spiro atoms. The third-order valence-corrected chi connectivity index (χ3v) is 4.44. The van der Waals surface area contributed by atoms with Crippen molar-refractivity contribution in [3.05, 3.63) is 55.0 Å². The van der Waals surface area contributed by atoms with Gasteiger partial charge in [-0.1, -0.05) is 15.9 Å². The smallest absolute Gasteiger partial charge is 0.257 e. The monoisotopic (exact) mass is 446 g/mol. The second-order valence-electron chi connectivity index (χ2n) is 3.90. The normalized spacial score (nSPS) is 10.3. The van der Waals surface area contributed by atoms with E-state index in [-0.39, 0.29) is 5.91 Å². The topological polar surface area (TPSA) is 42.0 Å². The van der Waals surface area contributed by atoms with E-state index in [1.807, 2.05) is 25.1 Å². The Morgan fingerprint density at radius 2 is 1.89 bits per heavy atom. The van der Waals surface area contributed by atoms with Crippen LogP contribution in [0.5, 0.6) is 0 Å². The maximum Gasteiger partial charge on any atom is 0.257 e. The van der Waals surface area contributed by atoms with Gasteiger partial charge >= 0.3 is 0 Å². The zero-order valence-electron chi connectivity index (χ0n) is 9.88. The summed E-state index contributed by atoms with van der Waals surface area (Å²) < 4.78 is 2.55. The summed E-state index contributed by atoms with van der Waals surface area (Å²) in [5.74, 6) is 0.328. The first-order valence-electron chi connectivity index (χ1n) is 5.36. The maximum atomic E-state index is 12.1. The molecule has 0 saturated heterocycles. The van der Waals surface area contributed by atoms with Crippen LogP contribution < -0.4 is 5.32 Å². The van der Waals surface area contributed by atoms with Crippen molar-refractivity contribution >= 4 is 59.5 Å². The summed E-state index contributed by atoms with van der Waals surface area (Å²) in [7, 11) is 0. The fraction of sp³-hybridized carbons (Fsp3) is 0.0769. The van der Waals surface area contributed by atoms with Crippen LogP contribution in [0.4, 0.5) is 5.82 Å². The molecule has 3 nitrogen and oxygen atoms in total. The molecule has 0 aliphatic carbocycles. The van der Waals surface area contributed by atoms with Gasteiger partial charge in [-0.25, -0.2) is 4.98 Å². The van der Waals surface area contributed by atoms with E-state index in [1.54, 1.807) is 12.3 Å². The lowest BCUT2D eigenvalue weighted by Gasteiger charge is -2.07. The number of anilines is 1. The lowest BCUT2D eigenvalue weighted by atomic mass is 10.2. The van der Waals surface area contributed by atoms with E-state index in [4.69, 9.17) is 0 Å². The van der Waals surface area contributed by atoms with Crippen LogP contribution in [0.25, 0.3) is 0 Å². The molecular formula is C13H9Br3N2O. The second-order valence-corrected chi connectivity index (χ2v) is 6.52. The summed E-state index contributed by atoms with van der Waals surface area (Å²) in [5.41, 5.74) is 1.57. The highest BCUT2D eigenvalue weighted by Gasteiger charge is 2.11. The molecule has 1 aromatic carbocycles. The number of carbonyl (C=O) groups is 1. The van der Waals surface area contributed by atoms with Gasteiger partial charge in [0.05, 0.1) is 5.56 Å². The molecule has 1 aromatic heterocycles. The van der Waals surface area contributed by atoms with Crippen LogP contribution >= 0.6 is 47.8 Å². The lowest BCUT2D eigenvalue weighted by molar-refractivity contribution is 0.102. The highest BCUT2D eigenvalue weighted by Crippen LogP contribution is 2.23. The molecule has 1 heterocycles. The summed E-state index contributed by atoms with van der Waals surface area (Å²) >= 11 is 10.1. The van der Waals surface area contributed by atoms with Crippen molar-refractivity contribution in [1.82, 2.24) is 4.98 Å². The van der Waals surface area contributed by atoms with E-state index >= 15 is 0 Å². The maximum absolute atomic E-state index is 12.1. The van der Waals surface area contributed by atoms with Crippen molar-refractivity contribution in [2.45, 2.75) is 6.92 Å². The molecule has 1 N–H and O–H groups in total. The first-order chi connectivity index (χ1) is 8.97. The van der Waals surface area contributed by atoms with Gasteiger partial charge in [-0.05, 0) is 68.6 Å². The molecular weight excluding hydrogens is 440 g/mol. The first kappa shape index (κ1) is 14.7. The largest absolute Gasteiger partial charge is 0.307 e. The Morgan fingerprint density at radius 1 is 1.16 bits per heavy atom. The van der Waals surface area contributed by atoms with Crippen LogP contribution in [0, 0.1) is 6.92 Å². The molecule has 0 radical (unpaired) electrons. The summed E-state index contributed by atoms with van der Waals surface area (Å²) in [6.07, 6.45) is 1.67. The van der Waals surface area contributed by atoms with E-state index in [0.717, 1.165) is 19.0 Å². The minimum Gasteiger partial charge on any atom is -0.307 e. The minimum absolute atomic E-state index is 0.200. The van der Waals surface area contributed by atoms with Crippen LogP contribution in [0.2, 0.25) is 0 Å². The third kappa shape index (κ3) is 3.64. The number of hydrogen-bond acceptors (Lipinski definition) is 2. The van der Waals surface area contributed by atoms with Crippen molar-refractivity contribution < 1.29 is 4.79 Å². The molecule has 2 rings (SSSR count). The number of benzene rings is 1. The Kier molecular flexibility index (Phi) is 4.76. The first-order valence-corrected chi connectivity index (χ1v) is 7.74. The van der Waals surface area contributed by atoms with Gasteiger partial charge in [0.15, 0.2) is 0 Å². The summed E-state index contributed by atoms with van der Waals surface area (Å²) in [4.78, 5) is 16.3. The Hall–Kier alpha value is -0.720. The van der Waals surface area contributed by atoms with Gasteiger partial charge in [0.1, 0.15) is 5.82 Å². The molecule has 1 amide bonds. The fourth-order valence-electron chi connectivity index (χ4n) is 1.46. The average molecular weight is 449 g/mol. The number of halogens is 3. The highest BCUT2D eigenvalue weighted by atomic mass is 79.9. The quantitative estimate of drug-likeness (QED) is 0.707. The zero-order valence-corrected chi connectivity index (χ0v) is 14.6. The van der Waals surface area contributed by atoms with Crippen molar-refractivity contribution in [2.24, 2.45) is 0 Å². The molecule has 0 fully saturated rings. The van der Waals surface area contributed by atoms with Gasteiger partial charge in [0.2, 0.25) is 0 Å². The highest BCUT2D eigenvalue weighted by molar-refractivity contribution is 9.11. The number of hydrogen-bond donors (Lipinski definition) is 1. The molecule has 0 saturated carbocycles. The number of nitrogens with one attached hydrogen (secondary N) is 1. The van der Waals surface area contributed by atoms with Crippen molar-refractivity contribution in [2.75, 3.05) is 5.32 Å². The van der Waals surface area contributed by atoms with Gasteiger partial charge in [0, 0.05) is 19.6 Å². The Balaban J connectivity index is 2.23. The summed E-state index contributed by atoms with van der Waals surface area (Å²) in [6, 6.07) is 7.21. The summed E-state index contributed by atoms with van der Waals surface area (Å²) in [6.45, 7) is 1.94. The standard InChI is InChI=1S/C13H9Br3N2O/c1-7-4-12(17-6-11(7)16)18-13(19)9-3-2-8(14)5-10(9)15/h2-6H,1H3,(H,17,18,19). The van der Waals surface area contributed by atoms with E-state index in [0.29, 0.717) is 11.4 Å². The zero-order chi connectivity index (χ0) is 14.0. The predicted octanol–water partition coefficient (Wildman–Crippen LogP) is 4.93. The Morgan fingerprint density at radius 3 is 2.53 bits per heavy atom. The molecule has 0 atom stereocenters. The molecule has 98 valence electrons. The van der Waals surface area contributed by atoms with Gasteiger partial charge in [0.25, 0.3) is 5.91 Å². The Bertz CT molecular complexity index is 644. The number of rotatable bonds is 2. The molecule has 0 unspecified atom stereocenters. The molecule has 6 heteroatoms. The molecule has 0 aliphatic rings. The van der Waals surface area contributed by atoms with Crippen molar-refractivity contribution in [3.63, 3.8) is 0 Å². The number of aryl methyl sites for hydroxylation is 1. The van der Waals surface area contributed by atoms with Gasteiger partial charge in [-0.3, -0.25) is 4.79 Å². The van der Waals surface area contributed by atoms with Crippen LogP contribution in [-0.4, -0.2) is 10.9 Å². The number of nitrogens with zero attached hydrogens (tertiary/aromatic N) is 1. The predicted molar refractivity (Wildman–Crippen MR) is 86.5 cm³/mol. The van der Waals surface area contributed by atoms with Crippen molar-refractivity contribution in [3.8, 4) is 0 Å². The second kappa shape index (κ2) is 6.15. The SMILES string of the molecule is Cc1cc(NC(=O)c2ccc(Br)cc2Br)ncc1Br. The minimum atomic E-state index is -0.200. The van der Waals surface area contributed by atoms with E-state index < -0.39 is 0 Å². The average Bonchev–Trinajstić information content (AvgIpc) is 2.33. The van der Waals surface area contributed by atoms with Crippen molar-refractivity contribution in [1.29, 1.82) is 0 Å². The van der Waals surface area contributed by atoms with Gasteiger partial charge in [-0.15, -0.1) is 0 Å². The van der Waals surface area contributed by atoms with E-state index in [2.05, 4.69) is 58.1 Å².